The topological polar surface area (TPSA) is 71.6 Å². The van der Waals surface area contributed by atoms with Crippen LogP contribution in [0.3, 0.4) is 0 Å². The van der Waals surface area contributed by atoms with Crippen LogP contribution in [0.1, 0.15) is 12.8 Å². The van der Waals surface area contributed by atoms with E-state index in [9.17, 15) is 5.11 Å². The van der Waals surface area contributed by atoms with Gasteiger partial charge in [0.25, 0.3) is 0 Å². The number of nitrogens with zero attached hydrogens (tertiary/aromatic N) is 2. The first-order valence-corrected chi connectivity index (χ1v) is 6.72. The molecule has 0 aliphatic carbocycles. The predicted octanol–water partition coefficient (Wildman–Crippen LogP) is 1.40. The molecule has 3 N–H and O–H groups in total. The van der Waals surface area contributed by atoms with Gasteiger partial charge in [0.2, 0.25) is 0 Å². The Bertz CT molecular complexity index is 422. The van der Waals surface area contributed by atoms with Gasteiger partial charge in [0.15, 0.2) is 5.82 Å². The molecule has 0 aromatic carbocycles. The maximum Gasteiger partial charge on any atom is 0.151 e. The Morgan fingerprint density at radius 2 is 2.22 bits per heavy atom. The lowest BCUT2D eigenvalue weighted by atomic mass is 9.94. The Kier molecular flexibility index (Phi) is 4.09. The van der Waals surface area contributed by atoms with E-state index in [0.29, 0.717) is 44.1 Å². The van der Waals surface area contributed by atoms with Crippen molar-refractivity contribution in [2.24, 2.45) is 0 Å². The molecular formula is C12H18BrN3O2. The lowest BCUT2D eigenvalue weighted by Crippen LogP contribution is -2.46. The van der Waals surface area contributed by atoms with E-state index in [4.69, 9.17) is 10.5 Å². The van der Waals surface area contributed by atoms with Gasteiger partial charge in [0.1, 0.15) is 0 Å². The highest BCUT2D eigenvalue weighted by Crippen LogP contribution is 2.27. The molecule has 0 atom stereocenters. The third-order valence-corrected chi connectivity index (χ3v) is 3.61. The molecule has 1 fully saturated rings. The van der Waals surface area contributed by atoms with Crippen LogP contribution in [0.25, 0.3) is 0 Å². The number of anilines is 2. The number of halogens is 1. The van der Waals surface area contributed by atoms with Gasteiger partial charge in [-0.1, -0.05) is 0 Å². The van der Waals surface area contributed by atoms with Crippen LogP contribution in [0, 0.1) is 0 Å². The standard InChI is InChI=1S/C12H18BrN3O2/c1-16(8-12(17)2-4-18-5-3-12)11-10(14)6-9(13)7-15-11/h6-7,17H,2-5,8,14H2,1H3. The monoisotopic (exact) mass is 315 g/mol. The van der Waals surface area contributed by atoms with E-state index >= 15 is 0 Å². The minimum absolute atomic E-state index is 0.509. The van der Waals surface area contributed by atoms with E-state index in [-0.39, 0.29) is 0 Å². The molecular weight excluding hydrogens is 298 g/mol. The summed E-state index contributed by atoms with van der Waals surface area (Å²) in [6.07, 6.45) is 3.00. The van der Waals surface area contributed by atoms with E-state index in [1.165, 1.54) is 0 Å². The summed E-state index contributed by atoms with van der Waals surface area (Å²) in [5.41, 5.74) is 5.82. The number of nitrogens with two attached hydrogens (primary N) is 1. The number of ether oxygens (including phenoxy) is 1. The second-order valence-corrected chi connectivity index (χ2v) is 5.67. The maximum absolute atomic E-state index is 10.4. The minimum Gasteiger partial charge on any atom is -0.396 e. The summed E-state index contributed by atoms with van der Waals surface area (Å²) in [5, 5.41) is 10.4. The first-order chi connectivity index (χ1) is 8.50. The largest absolute Gasteiger partial charge is 0.396 e. The van der Waals surface area contributed by atoms with Crippen LogP contribution in [0.5, 0.6) is 0 Å². The number of hydrogen-bond donors (Lipinski definition) is 2. The number of pyridine rings is 1. The molecule has 2 heterocycles. The number of nitrogen functional groups attached to an aromatic ring is 1. The summed E-state index contributed by atoms with van der Waals surface area (Å²) in [6, 6.07) is 1.81. The fraction of sp³-hybridized carbons (Fsp3) is 0.583. The van der Waals surface area contributed by atoms with E-state index in [2.05, 4.69) is 20.9 Å². The molecule has 0 saturated carbocycles. The smallest absolute Gasteiger partial charge is 0.151 e. The van der Waals surface area contributed by atoms with Crippen molar-refractivity contribution in [3.63, 3.8) is 0 Å². The molecule has 2 rings (SSSR count). The molecule has 1 saturated heterocycles. The summed E-state index contributed by atoms with van der Waals surface area (Å²) < 4.78 is 6.12. The van der Waals surface area contributed by atoms with Gasteiger partial charge in [-0.3, -0.25) is 0 Å². The first kappa shape index (κ1) is 13.6. The molecule has 0 unspecified atom stereocenters. The van der Waals surface area contributed by atoms with Gasteiger partial charge in [-0.25, -0.2) is 4.98 Å². The number of likely N-dealkylation sites (N-methyl/N-ethyl adjacent to an activating group) is 1. The van der Waals surface area contributed by atoms with Crippen LogP contribution >= 0.6 is 15.9 Å². The Morgan fingerprint density at radius 3 is 2.83 bits per heavy atom. The molecule has 1 aliphatic heterocycles. The first-order valence-electron chi connectivity index (χ1n) is 5.92. The molecule has 18 heavy (non-hydrogen) atoms. The molecule has 1 aromatic heterocycles. The Hall–Kier alpha value is -0.850. The van der Waals surface area contributed by atoms with Crippen molar-refractivity contribution in [3.8, 4) is 0 Å². The van der Waals surface area contributed by atoms with Gasteiger partial charge < -0.3 is 20.5 Å². The lowest BCUT2D eigenvalue weighted by molar-refractivity contribution is -0.0573. The lowest BCUT2D eigenvalue weighted by Gasteiger charge is -2.36. The average Bonchev–Trinajstić information content (AvgIpc) is 2.28. The second-order valence-electron chi connectivity index (χ2n) is 4.76. The average molecular weight is 316 g/mol. The maximum atomic E-state index is 10.4. The zero-order valence-corrected chi connectivity index (χ0v) is 12.0. The number of aromatic nitrogens is 1. The van der Waals surface area contributed by atoms with E-state index in [1.807, 2.05) is 18.0 Å². The molecule has 1 aromatic rings. The van der Waals surface area contributed by atoms with Crippen LogP contribution in [0.4, 0.5) is 11.5 Å². The zero-order chi connectivity index (χ0) is 13.2. The number of hydrogen-bond acceptors (Lipinski definition) is 5. The van der Waals surface area contributed by atoms with Crippen molar-refractivity contribution < 1.29 is 9.84 Å². The van der Waals surface area contributed by atoms with Crippen LogP contribution < -0.4 is 10.6 Å². The molecule has 0 bridgehead atoms. The molecule has 0 amide bonds. The SMILES string of the molecule is CN(CC1(O)CCOCC1)c1ncc(Br)cc1N. The summed E-state index contributed by atoms with van der Waals surface area (Å²) in [4.78, 5) is 6.18. The van der Waals surface area contributed by atoms with Crippen molar-refractivity contribution in [2.45, 2.75) is 18.4 Å². The van der Waals surface area contributed by atoms with Crippen LogP contribution in [0.2, 0.25) is 0 Å². The van der Waals surface area contributed by atoms with Gasteiger partial charge in [-0.15, -0.1) is 0 Å². The Balaban J connectivity index is 2.08. The molecule has 6 heteroatoms. The summed E-state index contributed by atoms with van der Waals surface area (Å²) >= 11 is 3.33. The molecule has 0 radical (unpaired) electrons. The van der Waals surface area contributed by atoms with Gasteiger partial charge in [0.05, 0.1) is 11.3 Å². The zero-order valence-electron chi connectivity index (χ0n) is 10.4. The predicted molar refractivity (Wildman–Crippen MR) is 74.6 cm³/mol. The normalized spacial score (nSPS) is 18.6. The van der Waals surface area contributed by atoms with Crippen molar-refractivity contribution in [3.05, 3.63) is 16.7 Å². The van der Waals surface area contributed by atoms with Crippen LogP contribution in [-0.2, 0) is 4.74 Å². The summed E-state index contributed by atoms with van der Waals surface area (Å²) in [6.45, 7) is 1.72. The number of aliphatic hydroxyl groups is 1. The van der Waals surface area contributed by atoms with Gasteiger partial charge >= 0.3 is 0 Å². The van der Waals surface area contributed by atoms with Gasteiger partial charge in [-0.2, -0.15) is 0 Å². The molecule has 1 aliphatic rings. The summed E-state index contributed by atoms with van der Waals surface area (Å²) in [7, 11) is 1.89. The van der Waals surface area contributed by atoms with Crippen molar-refractivity contribution in [1.29, 1.82) is 0 Å². The molecule has 100 valence electrons. The summed E-state index contributed by atoms with van der Waals surface area (Å²) in [5.74, 6) is 0.693. The highest BCUT2D eigenvalue weighted by molar-refractivity contribution is 9.10. The highest BCUT2D eigenvalue weighted by atomic mass is 79.9. The van der Waals surface area contributed by atoms with Crippen molar-refractivity contribution in [2.75, 3.05) is 37.4 Å². The highest BCUT2D eigenvalue weighted by Gasteiger charge is 2.31. The second kappa shape index (κ2) is 5.42. The van der Waals surface area contributed by atoms with E-state index < -0.39 is 5.60 Å². The Morgan fingerprint density at radius 1 is 1.56 bits per heavy atom. The van der Waals surface area contributed by atoms with Gasteiger partial charge in [0, 0.05) is 50.3 Å². The van der Waals surface area contributed by atoms with Crippen LogP contribution in [0.15, 0.2) is 16.7 Å². The van der Waals surface area contributed by atoms with Crippen molar-refractivity contribution >= 4 is 27.4 Å². The van der Waals surface area contributed by atoms with Crippen molar-refractivity contribution in [1.82, 2.24) is 4.98 Å². The number of rotatable bonds is 3. The fourth-order valence-corrected chi connectivity index (χ4v) is 2.54. The third kappa shape index (κ3) is 3.13. The van der Waals surface area contributed by atoms with Gasteiger partial charge in [-0.05, 0) is 22.0 Å². The van der Waals surface area contributed by atoms with E-state index in [0.717, 1.165) is 4.47 Å². The molecule has 5 nitrogen and oxygen atoms in total. The van der Waals surface area contributed by atoms with Crippen LogP contribution in [-0.4, -0.2) is 42.5 Å². The van der Waals surface area contributed by atoms with E-state index in [1.54, 1.807) is 6.20 Å². The Labute approximate surface area is 115 Å². The molecule has 0 spiro atoms. The third-order valence-electron chi connectivity index (χ3n) is 3.18. The quantitative estimate of drug-likeness (QED) is 0.882. The minimum atomic E-state index is -0.714. The fourth-order valence-electron chi connectivity index (χ4n) is 2.19.